The zero-order valence-corrected chi connectivity index (χ0v) is 9.94. The van der Waals surface area contributed by atoms with Crippen LogP contribution in [0.3, 0.4) is 0 Å². The Bertz CT molecular complexity index is 530. The Balaban J connectivity index is 2.07. The van der Waals surface area contributed by atoms with Crippen LogP contribution in [-0.4, -0.2) is 9.97 Å². The van der Waals surface area contributed by atoms with Gasteiger partial charge in [0.15, 0.2) is 5.75 Å². The van der Waals surface area contributed by atoms with Gasteiger partial charge in [0, 0.05) is 6.42 Å². The number of hydrogen-bond acceptors (Lipinski definition) is 3. The van der Waals surface area contributed by atoms with E-state index in [0.717, 1.165) is 24.4 Å². The number of allylic oxidation sites excluding steroid dienone is 5. The average molecular weight is 268 g/mol. The molecule has 0 fully saturated rings. The van der Waals surface area contributed by atoms with Gasteiger partial charge in [0.25, 0.3) is 0 Å². The van der Waals surface area contributed by atoms with E-state index in [-0.39, 0.29) is 5.75 Å². The molecule has 0 aromatic carbocycles. The molecule has 1 aromatic heterocycles. The number of alkyl halides is 3. The number of hydrogen-bond donors (Lipinski definition) is 0. The van der Waals surface area contributed by atoms with Crippen molar-refractivity contribution in [3.63, 3.8) is 0 Å². The van der Waals surface area contributed by atoms with E-state index in [2.05, 4.69) is 16.5 Å². The molecular formula is C13H11F3N2O. The predicted octanol–water partition coefficient (Wildman–Crippen LogP) is 3.66. The van der Waals surface area contributed by atoms with Crippen LogP contribution in [-0.2, 0) is 6.18 Å². The maximum absolute atomic E-state index is 12.3. The summed E-state index contributed by atoms with van der Waals surface area (Å²) >= 11 is 0. The molecule has 6 heteroatoms. The van der Waals surface area contributed by atoms with Crippen molar-refractivity contribution in [2.24, 2.45) is 0 Å². The first-order chi connectivity index (χ1) is 8.99. The maximum atomic E-state index is 12.3. The largest absolute Gasteiger partial charge is 0.458 e. The zero-order chi connectivity index (χ0) is 13.9. The van der Waals surface area contributed by atoms with E-state index in [0.29, 0.717) is 12.2 Å². The van der Waals surface area contributed by atoms with Crippen LogP contribution in [0.1, 0.15) is 18.7 Å². The smallest absolute Gasteiger partial charge is 0.451 e. The van der Waals surface area contributed by atoms with Crippen LogP contribution in [0, 0.1) is 0 Å². The van der Waals surface area contributed by atoms with Crippen LogP contribution in [0.5, 0.6) is 5.75 Å². The second-order valence-corrected chi connectivity index (χ2v) is 3.92. The van der Waals surface area contributed by atoms with Gasteiger partial charge in [-0.25, -0.2) is 9.97 Å². The molecule has 19 heavy (non-hydrogen) atoms. The van der Waals surface area contributed by atoms with Gasteiger partial charge < -0.3 is 4.74 Å². The number of nitrogens with zero attached hydrogens (tertiary/aromatic N) is 2. The lowest BCUT2D eigenvalue weighted by Gasteiger charge is -2.13. The van der Waals surface area contributed by atoms with Crippen LogP contribution in [0.15, 0.2) is 48.5 Å². The van der Waals surface area contributed by atoms with Crippen LogP contribution in [0.25, 0.3) is 0 Å². The first-order valence-corrected chi connectivity index (χ1v) is 5.58. The maximum Gasteiger partial charge on any atom is 0.451 e. The number of rotatable bonds is 3. The highest BCUT2D eigenvalue weighted by atomic mass is 19.4. The molecule has 0 saturated heterocycles. The van der Waals surface area contributed by atoms with Crippen molar-refractivity contribution >= 4 is 0 Å². The van der Waals surface area contributed by atoms with Crippen molar-refractivity contribution in [2.45, 2.75) is 19.0 Å². The van der Waals surface area contributed by atoms with E-state index < -0.39 is 12.0 Å². The molecule has 0 spiro atoms. The SMILES string of the molecule is C=CC1=CC=C(Oc2cnc(C(F)(F)F)nc2)CC1. The van der Waals surface area contributed by atoms with E-state index in [1.807, 2.05) is 6.08 Å². The van der Waals surface area contributed by atoms with Crippen LogP contribution < -0.4 is 4.74 Å². The second-order valence-electron chi connectivity index (χ2n) is 3.92. The molecule has 1 aliphatic rings. The zero-order valence-electron chi connectivity index (χ0n) is 9.94. The first kappa shape index (κ1) is 13.3. The Morgan fingerprint density at radius 3 is 2.32 bits per heavy atom. The van der Waals surface area contributed by atoms with Crippen molar-refractivity contribution in [3.05, 3.63) is 54.4 Å². The predicted molar refractivity (Wildman–Crippen MR) is 63.3 cm³/mol. The Labute approximate surface area is 108 Å². The van der Waals surface area contributed by atoms with E-state index in [9.17, 15) is 13.2 Å². The molecule has 0 aliphatic heterocycles. The molecule has 0 N–H and O–H groups in total. The molecule has 1 aromatic rings. The van der Waals surface area contributed by atoms with Crippen LogP contribution >= 0.6 is 0 Å². The monoisotopic (exact) mass is 268 g/mol. The molecule has 0 unspecified atom stereocenters. The van der Waals surface area contributed by atoms with Crippen molar-refractivity contribution in [2.75, 3.05) is 0 Å². The van der Waals surface area contributed by atoms with E-state index in [1.54, 1.807) is 12.2 Å². The summed E-state index contributed by atoms with van der Waals surface area (Å²) in [5, 5.41) is 0. The standard InChI is InChI=1S/C13H11F3N2O/c1-2-9-3-5-10(6-4-9)19-11-7-17-12(18-8-11)13(14,15)16/h2-3,5,7-8H,1,4,6H2. The van der Waals surface area contributed by atoms with E-state index in [4.69, 9.17) is 4.74 Å². The highest BCUT2D eigenvalue weighted by molar-refractivity contribution is 5.29. The van der Waals surface area contributed by atoms with Gasteiger partial charge in [-0.05, 0) is 18.1 Å². The van der Waals surface area contributed by atoms with Gasteiger partial charge in [-0.15, -0.1) is 0 Å². The third-order valence-corrected chi connectivity index (χ3v) is 2.54. The van der Waals surface area contributed by atoms with Gasteiger partial charge in [-0.3, -0.25) is 0 Å². The molecule has 1 heterocycles. The minimum absolute atomic E-state index is 0.190. The van der Waals surface area contributed by atoms with Crippen molar-refractivity contribution < 1.29 is 17.9 Å². The molecule has 3 nitrogen and oxygen atoms in total. The molecule has 1 aliphatic carbocycles. The minimum Gasteiger partial charge on any atom is -0.458 e. The topological polar surface area (TPSA) is 35.0 Å². The van der Waals surface area contributed by atoms with Gasteiger partial charge in [-0.1, -0.05) is 18.7 Å². The highest BCUT2D eigenvalue weighted by Gasteiger charge is 2.34. The lowest BCUT2D eigenvalue weighted by Crippen LogP contribution is -2.10. The molecule has 0 radical (unpaired) electrons. The van der Waals surface area contributed by atoms with Crippen LogP contribution in [0.2, 0.25) is 0 Å². The molecule has 2 rings (SSSR count). The summed E-state index contributed by atoms with van der Waals surface area (Å²) in [7, 11) is 0. The summed E-state index contributed by atoms with van der Waals surface area (Å²) in [6, 6.07) is 0. The Morgan fingerprint density at radius 2 is 1.84 bits per heavy atom. The highest BCUT2D eigenvalue weighted by Crippen LogP contribution is 2.27. The quantitative estimate of drug-likeness (QED) is 0.839. The Morgan fingerprint density at radius 1 is 1.16 bits per heavy atom. The molecule has 0 saturated carbocycles. The van der Waals surface area contributed by atoms with Gasteiger partial charge in [-0.2, -0.15) is 13.2 Å². The fourth-order valence-corrected chi connectivity index (χ4v) is 1.56. The lowest BCUT2D eigenvalue weighted by molar-refractivity contribution is -0.145. The molecule has 0 bridgehead atoms. The summed E-state index contributed by atoms with van der Waals surface area (Å²) in [6.45, 7) is 3.66. The third kappa shape index (κ3) is 3.43. The second kappa shape index (κ2) is 5.26. The van der Waals surface area contributed by atoms with Crippen molar-refractivity contribution in [1.82, 2.24) is 9.97 Å². The van der Waals surface area contributed by atoms with Crippen molar-refractivity contribution in [3.8, 4) is 5.75 Å². The van der Waals surface area contributed by atoms with Gasteiger partial charge in [0.1, 0.15) is 5.76 Å². The fraction of sp³-hybridized carbons (Fsp3) is 0.231. The van der Waals surface area contributed by atoms with E-state index >= 15 is 0 Å². The third-order valence-electron chi connectivity index (χ3n) is 2.54. The number of halogens is 3. The van der Waals surface area contributed by atoms with Gasteiger partial charge >= 0.3 is 6.18 Å². The summed E-state index contributed by atoms with van der Waals surface area (Å²) in [5.74, 6) is -0.324. The summed E-state index contributed by atoms with van der Waals surface area (Å²) in [6.07, 6.45) is 4.33. The molecule has 100 valence electrons. The van der Waals surface area contributed by atoms with E-state index in [1.165, 1.54) is 0 Å². The van der Waals surface area contributed by atoms with Crippen molar-refractivity contribution in [1.29, 1.82) is 0 Å². The lowest BCUT2D eigenvalue weighted by atomic mass is 10.0. The number of ether oxygens (including phenoxy) is 1. The summed E-state index contributed by atoms with van der Waals surface area (Å²) in [4.78, 5) is 6.45. The molecular weight excluding hydrogens is 257 g/mol. The average Bonchev–Trinajstić information content (AvgIpc) is 2.39. The number of aromatic nitrogens is 2. The van der Waals surface area contributed by atoms with Gasteiger partial charge in [0.2, 0.25) is 5.82 Å². The minimum atomic E-state index is -4.54. The Kier molecular flexibility index (Phi) is 3.69. The normalized spacial score (nSPS) is 15.5. The first-order valence-electron chi connectivity index (χ1n) is 5.58. The van der Waals surface area contributed by atoms with Crippen LogP contribution in [0.4, 0.5) is 13.2 Å². The Hall–Kier alpha value is -2.11. The molecule has 0 amide bonds. The fourth-order valence-electron chi connectivity index (χ4n) is 1.56. The van der Waals surface area contributed by atoms with Gasteiger partial charge in [0.05, 0.1) is 12.4 Å². The molecule has 0 atom stereocenters. The summed E-state index contributed by atoms with van der Waals surface area (Å²) < 4.78 is 42.2. The summed E-state index contributed by atoms with van der Waals surface area (Å²) in [5.41, 5.74) is 1.09.